The first-order chi connectivity index (χ1) is 13.0. The molecule has 3 amide bonds. The fourth-order valence-electron chi connectivity index (χ4n) is 3.13. The van der Waals surface area contributed by atoms with Gasteiger partial charge in [0.1, 0.15) is 5.82 Å². The van der Waals surface area contributed by atoms with Crippen molar-refractivity contribution in [2.75, 3.05) is 18.4 Å². The van der Waals surface area contributed by atoms with E-state index >= 15 is 0 Å². The van der Waals surface area contributed by atoms with Crippen molar-refractivity contribution in [2.45, 2.75) is 24.9 Å². The normalized spacial score (nSPS) is 16.8. The topological polar surface area (TPSA) is 87.5 Å². The number of rotatable bonds is 5. The number of carbonyl (C=O) groups excluding carboxylic acids is 2. The van der Waals surface area contributed by atoms with Gasteiger partial charge in [0, 0.05) is 37.3 Å². The van der Waals surface area contributed by atoms with Crippen molar-refractivity contribution in [1.82, 2.24) is 10.2 Å². The van der Waals surface area contributed by atoms with Crippen LogP contribution in [0.1, 0.15) is 24.4 Å². The van der Waals surface area contributed by atoms with Gasteiger partial charge in [-0.25, -0.2) is 9.18 Å². The molecule has 2 unspecified atom stereocenters. The van der Waals surface area contributed by atoms with Gasteiger partial charge in [0.05, 0.1) is 0 Å². The summed E-state index contributed by atoms with van der Waals surface area (Å²) >= 11 is 0. The van der Waals surface area contributed by atoms with Crippen molar-refractivity contribution in [3.8, 4) is 0 Å². The highest BCUT2D eigenvalue weighted by Crippen LogP contribution is 2.18. The van der Waals surface area contributed by atoms with E-state index in [-0.39, 0.29) is 48.7 Å². The molecule has 1 fully saturated rings. The summed E-state index contributed by atoms with van der Waals surface area (Å²) in [5, 5.41) is 5.50. The maximum Gasteiger partial charge on any atom is 0.319 e. The zero-order valence-electron chi connectivity index (χ0n) is 15.3. The van der Waals surface area contributed by atoms with Gasteiger partial charge in [0.2, 0.25) is 5.91 Å². The van der Waals surface area contributed by atoms with E-state index in [2.05, 4.69) is 10.6 Å². The molecule has 0 radical (unpaired) electrons. The Morgan fingerprint density at radius 3 is 2.50 bits per heavy atom. The molecule has 4 N–H and O–H groups in total. The molecule has 0 aromatic heterocycles. The average molecular weight is 407 g/mol. The zero-order valence-corrected chi connectivity index (χ0v) is 16.1. The Morgan fingerprint density at radius 1 is 1.14 bits per heavy atom. The molecule has 2 aromatic carbocycles. The van der Waals surface area contributed by atoms with Gasteiger partial charge in [-0.15, -0.1) is 12.4 Å². The van der Waals surface area contributed by atoms with Crippen LogP contribution >= 0.6 is 12.4 Å². The van der Waals surface area contributed by atoms with E-state index in [0.717, 1.165) is 5.56 Å². The highest BCUT2D eigenvalue weighted by Gasteiger charge is 2.28. The number of hydrogen-bond acceptors (Lipinski definition) is 3. The van der Waals surface area contributed by atoms with Gasteiger partial charge in [0.25, 0.3) is 0 Å². The molecule has 2 atom stereocenters. The van der Waals surface area contributed by atoms with Gasteiger partial charge >= 0.3 is 6.03 Å². The summed E-state index contributed by atoms with van der Waals surface area (Å²) in [5.74, 6) is -0.380. The molecule has 150 valence electrons. The third-order valence-corrected chi connectivity index (χ3v) is 4.60. The van der Waals surface area contributed by atoms with E-state index in [1.54, 1.807) is 4.90 Å². The lowest BCUT2D eigenvalue weighted by Crippen LogP contribution is -2.41. The van der Waals surface area contributed by atoms with Crippen LogP contribution in [0.5, 0.6) is 0 Å². The third kappa shape index (κ3) is 5.94. The van der Waals surface area contributed by atoms with E-state index in [4.69, 9.17) is 5.73 Å². The van der Waals surface area contributed by atoms with Gasteiger partial charge < -0.3 is 21.3 Å². The van der Waals surface area contributed by atoms with Gasteiger partial charge in [-0.2, -0.15) is 0 Å². The largest absolute Gasteiger partial charge is 0.341 e. The monoisotopic (exact) mass is 406 g/mol. The third-order valence-electron chi connectivity index (χ3n) is 4.60. The Kier molecular flexibility index (Phi) is 7.78. The Hall–Kier alpha value is -2.64. The number of amides is 3. The number of nitrogens with zero attached hydrogens (tertiary/aromatic N) is 1. The maximum absolute atomic E-state index is 12.9. The molecular formula is C20H24ClFN4O2. The van der Waals surface area contributed by atoms with Crippen molar-refractivity contribution >= 4 is 30.0 Å². The van der Waals surface area contributed by atoms with Crippen LogP contribution in [0.3, 0.4) is 0 Å². The van der Waals surface area contributed by atoms with E-state index in [1.165, 1.54) is 24.3 Å². The fraction of sp³-hybridized carbons (Fsp3) is 0.300. The predicted molar refractivity (Wildman–Crippen MR) is 109 cm³/mol. The summed E-state index contributed by atoms with van der Waals surface area (Å²) in [4.78, 5) is 26.2. The fourth-order valence-corrected chi connectivity index (χ4v) is 3.13. The van der Waals surface area contributed by atoms with Crippen LogP contribution < -0.4 is 16.4 Å². The van der Waals surface area contributed by atoms with E-state index in [9.17, 15) is 14.0 Å². The lowest BCUT2D eigenvalue weighted by molar-refractivity contribution is -0.130. The summed E-state index contributed by atoms with van der Waals surface area (Å²) in [7, 11) is 0. The number of urea groups is 1. The number of nitrogens with two attached hydrogens (primary N) is 1. The first-order valence-corrected chi connectivity index (χ1v) is 8.92. The minimum Gasteiger partial charge on any atom is -0.341 e. The Balaban J connectivity index is 0.00000280. The van der Waals surface area contributed by atoms with Crippen molar-refractivity contribution in [3.63, 3.8) is 0 Å². The minimum absolute atomic E-state index is 0. The Labute approximate surface area is 169 Å². The maximum atomic E-state index is 12.9. The second-order valence-corrected chi connectivity index (χ2v) is 6.65. The summed E-state index contributed by atoms with van der Waals surface area (Å²) in [6.45, 7) is 1.04. The Morgan fingerprint density at radius 2 is 1.82 bits per heavy atom. The standard InChI is InChI=1S/C20H23FN4O2.ClH/c21-15-6-8-16(9-7-15)23-20(27)24-17-10-11-25(13-17)19(26)12-18(22)14-4-2-1-3-5-14;/h1-9,17-18H,10-13,22H2,(H2,23,24,27);1H. The van der Waals surface area contributed by atoms with Gasteiger partial charge in [0.15, 0.2) is 0 Å². The lowest BCUT2D eigenvalue weighted by Gasteiger charge is -2.20. The molecule has 0 spiro atoms. The quantitative estimate of drug-likeness (QED) is 0.713. The van der Waals surface area contributed by atoms with Gasteiger partial charge in [-0.05, 0) is 36.2 Å². The van der Waals surface area contributed by atoms with Crippen molar-refractivity contribution in [1.29, 1.82) is 0 Å². The zero-order chi connectivity index (χ0) is 19.2. The molecule has 1 saturated heterocycles. The number of likely N-dealkylation sites (tertiary alicyclic amines) is 1. The van der Waals surface area contributed by atoms with Crippen LogP contribution in [-0.2, 0) is 4.79 Å². The molecule has 28 heavy (non-hydrogen) atoms. The van der Waals surface area contributed by atoms with Crippen molar-refractivity contribution < 1.29 is 14.0 Å². The van der Waals surface area contributed by atoms with Crippen LogP contribution in [-0.4, -0.2) is 36.0 Å². The number of anilines is 1. The number of halogens is 2. The first kappa shape index (κ1) is 21.7. The molecule has 0 saturated carbocycles. The molecule has 0 bridgehead atoms. The highest BCUT2D eigenvalue weighted by molar-refractivity contribution is 5.89. The van der Waals surface area contributed by atoms with E-state index in [0.29, 0.717) is 25.2 Å². The summed E-state index contributed by atoms with van der Waals surface area (Å²) in [5.41, 5.74) is 7.56. The number of hydrogen-bond donors (Lipinski definition) is 3. The second-order valence-electron chi connectivity index (χ2n) is 6.65. The van der Waals surface area contributed by atoms with Gasteiger partial charge in [-0.3, -0.25) is 4.79 Å². The van der Waals surface area contributed by atoms with Crippen LogP contribution in [0.2, 0.25) is 0 Å². The summed E-state index contributed by atoms with van der Waals surface area (Å²) in [6.07, 6.45) is 0.918. The molecule has 0 aliphatic carbocycles. The van der Waals surface area contributed by atoms with Crippen LogP contribution in [0.15, 0.2) is 54.6 Å². The molecule has 8 heteroatoms. The molecule has 1 heterocycles. The summed E-state index contributed by atoms with van der Waals surface area (Å²) < 4.78 is 12.9. The average Bonchev–Trinajstić information content (AvgIpc) is 3.13. The second kappa shape index (κ2) is 10.1. The van der Waals surface area contributed by atoms with Crippen molar-refractivity contribution in [2.24, 2.45) is 5.73 Å². The van der Waals surface area contributed by atoms with Crippen LogP contribution in [0.4, 0.5) is 14.9 Å². The molecule has 2 aromatic rings. The molecule has 1 aliphatic rings. The molecule has 6 nitrogen and oxygen atoms in total. The highest BCUT2D eigenvalue weighted by atomic mass is 35.5. The smallest absolute Gasteiger partial charge is 0.319 e. The molecule has 3 rings (SSSR count). The lowest BCUT2D eigenvalue weighted by atomic mass is 10.0. The van der Waals surface area contributed by atoms with Crippen molar-refractivity contribution in [3.05, 3.63) is 66.0 Å². The predicted octanol–water partition coefficient (Wildman–Crippen LogP) is 3.06. The van der Waals surface area contributed by atoms with Gasteiger partial charge in [-0.1, -0.05) is 30.3 Å². The number of nitrogens with one attached hydrogen (secondary N) is 2. The van der Waals surface area contributed by atoms with E-state index in [1.807, 2.05) is 30.3 Å². The van der Waals surface area contributed by atoms with E-state index < -0.39 is 0 Å². The summed E-state index contributed by atoms with van der Waals surface area (Å²) in [6, 6.07) is 14.2. The number of carbonyl (C=O) groups is 2. The SMILES string of the molecule is Cl.NC(CC(=O)N1CCC(NC(=O)Nc2ccc(F)cc2)C1)c1ccccc1. The first-order valence-electron chi connectivity index (χ1n) is 8.92. The molecule has 1 aliphatic heterocycles. The van der Waals surface area contributed by atoms with Crippen LogP contribution in [0.25, 0.3) is 0 Å². The minimum atomic E-state index is -0.373. The molecular weight excluding hydrogens is 383 g/mol. The number of benzene rings is 2. The Bertz CT molecular complexity index is 789. The van der Waals surface area contributed by atoms with Crippen LogP contribution in [0, 0.1) is 5.82 Å².